The summed E-state index contributed by atoms with van der Waals surface area (Å²) in [5.74, 6) is -0.253. The number of fused-ring (bicyclic) bond motifs is 3. The van der Waals surface area contributed by atoms with Gasteiger partial charge in [0, 0.05) is 44.1 Å². The van der Waals surface area contributed by atoms with Crippen molar-refractivity contribution in [3.8, 4) is 23.0 Å². The number of hydrogen-bond donors (Lipinski definition) is 3. The SMILES string of the molecule is C=CCO[C@@]12Oc3ccc(O)cc3[C@H]3[C@H](CCCCO)[C@@H](CCCCO)C=C(C(=NOC4CCCCO4)C[C@@H]1N(Cc1ccc4c(c1)OCO4)C(=O)OCCCCCCCCCCCC)[C@H]32. The molecule has 2 aliphatic carbocycles. The zero-order valence-electron chi connectivity index (χ0n) is 39.4. The maximum Gasteiger partial charge on any atom is 0.410 e. The molecule has 2 fully saturated rings. The Hall–Kier alpha value is -4.30. The maximum absolute atomic E-state index is 15.1. The lowest BCUT2D eigenvalue weighted by Gasteiger charge is -2.59. The molecule has 3 heterocycles. The van der Waals surface area contributed by atoms with Crippen LogP contribution in [0.15, 0.2) is 65.9 Å². The average Bonchev–Trinajstić information content (AvgIpc) is 3.81. The Bertz CT molecular complexity index is 1910. The number of carbonyl (C=O) groups excluding carboxylic acids is 1. The van der Waals surface area contributed by atoms with Gasteiger partial charge in [0.25, 0.3) is 0 Å². The number of aliphatic hydroxyl groups excluding tert-OH is 2. The Balaban J connectivity index is 1.30. The van der Waals surface area contributed by atoms with E-state index in [1.807, 2.05) is 24.3 Å². The molecule has 66 heavy (non-hydrogen) atoms. The fraction of sp³-hybridized carbons (Fsp3) is 0.660. The molecule has 0 aromatic heterocycles. The number of unbranched alkanes of at least 4 members (excludes halogenated alkanes) is 11. The first-order valence-corrected chi connectivity index (χ1v) is 25.3. The monoisotopic (exact) mass is 917 g/mol. The molecular weight excluding hydrogens is 841 g/mol. The first-order chi connectivity index (χ1) is 32.4. The minimum Gasteiger partial charge on any atom is -0.508 e. The number of aromatic hydroxyl groups is 1. The first-order valence-electron chi connectivity index (χ1n) is 25.3. The normalized spacial score (nSPS) is 25.6. The van der Waals surface area contributed by atoms with Crippen LogP contribution in [0.1, 0.15) is 152 Å². The Morgan fingerprint density at radius 3 is 2.38 bits per heavy atom. The summed E-state index contributed by atoms with van der Waals surface area (Å²) in [6.07, 6.45) is 22.1. The lowest BCUT2D eigenvalue weighted by atomic mass is 9.55. The highest BCUT2D eigenvalue weighted by molar-refractivity contribution is 6.03. The molecule has 5 aliphatic rings. The molecule has 13 heteroatoms. The maximum atomic E-state index is 15.1. The number of benzene rings is 2. The number of phenolic OH excluding ortho intramolecular Hbond substituents is 1. The Morgan fingerprint density at radius 1 is 0.894 bits per heavy atom. The van der Waals surface area contributed by atoms with E-state index < -0.39 is 30.1 Å². The molecule has 2 aromatic rings. The topological polar surface area (TPSA) is 158 Å². The van der Waals surface area contributed by atoms with E-state index in [2.05, 4.69) is 19.6 Å². The fourth-order valence-corrected chi connectivity index (χ4v) is 10.9. The molecular formula is C53H76N2O11. The van der Waals surface area contributed by atoms with Gasteiger partial charge < -0.3 is 48.6 Å². The second-order valence-electron chi connectivity index (χ2n) is 18.8. The summed E-state index contributed by atoms with van der Waals surface area (Å²) in [6.45, 7) is 7.74. The molecule has 13 nitrogen and oxygen atoms in total. The van der Waals surface area contributed by atoms with Gasteiger partial charge in [-0.15, -0.1) is 6.58 Å². The summed E-state index contributed by atoms with van der Waals surface area (Å²) < 4.78 is 38.2. The standard InChI is InChI=1S/C53H76N2O11/c1-3-5-6-7-8-9-10-11-12-18-31-61-52(59)55(36-38-23-25-46-47(32-38)63-37-62-46)48-35-44(54-66-49-22-15-19-30-60-49)42-33-39(20-13-16-27-56)41(21-14-17-28-57)50-43-34-40(58)24-26-45(43)65-53(48,51(42)50)64-29-4-2/h4,23-26,32-34,39,41,48-51,56-58H,2-3,5-22,27-31,35-37H2,1H3/t39-,41+,48-,49?,50+,51+,53+/m0/s1. The number of aliphatic hydroxyl groups is 2. The zero-order chi connectivity index (χ0) is 46.1. The number of carbonyl (C=O) groups is 1. The molecule has 1 unspecified atom stereocenters. The highest BCUT2D eigenvalue weighted by Gasteiger charge is 2.65. The van der Waals surface area contributed by atoms with Gasteiger partial charge in [0.2, 0.25) is 18.9 Å². The third-order valence-electron chi connectivity index (χ3n) is 14.2. The zero-order valence-corrected chi connectivity index (χ0v) is 39.4. The second kappa shape index (κ2) is 25.2. The first kappa shape index (κ1) is 49.6. The summed E-state index contributed by atoms with van der Waals surface area (Å²) in [6, 6.07) is 10.2. The largest absolute Gasteiger partial charge is 0.508 e. The van der Waals surface area contributed by atoms with Crippen LogP contribution in [0.3, 0.4) is 0 Å². The molecule has 1 saturated carbocycles. The molecule has 0 spiro atoms. The average molecular weight is 917 g/mol. The van der Waals surface area contributed by atoms with E-state index >= 15 is 4.79 Å². The van der Waals surface area contributed by atoms with Crippen LogP contribution in [0.2, 0.25) is 0 Å². The predicted octanol–water partition coefficient (Wildman–Crippen LogP) is 10.8. The Morgan fingerprint density at radius 2 is 1.64 bits per heavy atom. The van der Waals surface area contributed by atoms with E-state index in [1.165, 1.54) is 44.9 Å². The van der Waals surface area contributed by atoms with E-state index in [0.29, 0.717) is 48.8 Å². The van der Waals surface area contributed by atoms with Crippen LogP contribution >= 0.6 is 0 Å². The number of nitrogens with zero attached hydrogens (tertiary/aromatic N) is 2. The third-order valence-corrected chi connectivity index (χ3v) is 14.2. The molecule has 1 saturated heterocycles. The van der Waals surface area contributed by atoms with Crippen molar-refractivity contribution in [2.24, 2.45) is 22.9 Å². The highest BCUT2D eigenvalue weighted by atomic mass is 16.8. The quantitative estimate of drug-likeness (QED) is 0.0445. The van der Waals surface area contributed by atoms with Crippen molar-refractivity contribution >= 4 is 11.8 Å². The number of ether oxygens (including phenoxy) is 6. The molecule has 7 rings (SSSR count). The third kappa shape index (κ3) is 12.2. The number of phenols is 1. The van der Waals surface area contributed by atoms with Crippen molar-refractivity contribution in [3.05, 3.63) is 71.8 Å². The molecule has 0 bridgehead atoms. The Labute approximate surface area is 392 Å². The molecule has 364 valence electrons. The van der Waals surface area contributed by atoms with Gasteiger partial charge in [-0.05, 0) is 98.2 Å². The highest BCUT2D eigenvalue weighted by Crippen LogP contribution is 2.62. The van der Waals surface area contributed by atoms with Crippen LogP contribution < -0.4 is 14.2 Å². The number of oxime groups is 1. The van der Waals surface area contributed by atoms with Gasteiger partial charge in [-0.3, -0.25) is 4.90 Å². The lowest BCUT2D eigenvalue weighted by Crippen LogP contribution is -2.70. The Kier molecular flexibility index (Phi) is 18.9. The number of amides is 1. The summed E-state index contributed by atoms with van der Waals surface area (Å²) in [5, 5.41) is 36.0. The van der Waals surface area contributed by atoms with Gasteiger partial charge in [-0.1, -0.05) is 101 Å². The van der Waals surface area contributed by atoms with Crippen LogP contribution in [0.5, 0.6) is 23.0 Å². The second-order valence-corrected chi connectivity index (χ2v) is 18.8. The van der Waals surface area contributed by atoms with Crippen molar-refractivity contribution in [2.75, 3.05) is 39.8 Å². The molecule has 3 aliphatic heterocycles. The van der Waals surface area contributed by atoms with Crippen molar-refractivity contribution < 1.29 is 53.4 Å². The summed E-state index contributed by atoms with van der Waals surface area (Å²) in [7, 11) is 0. The lowest BCUT2D eigenvalue weighted by molar-refractivity contribution is -0.256. The van der Waals surface area contributed by atoms with Crippen LogP contribution in [-0.4, -0.2) is 90.0 Å². The van der Waals surface area contributed by atoms with Crippen molar-refractivity contribution in [2.45, 2.75) is 166 Å². The molecule has 1 amide bonds. The van der Waals surface area contributed by atoms with E-state index in [-0.39, 0.29) is 69.7 Å². The minimum atomic E-state index is -1.48. The van der Waals surface area contributed by atoms with Crippen LogP contribution in [0.4, 0.5) is 4.79 Å². The molecule has 2 aromatic carbocycles. The van der Waals surface area contributed by atoms with E-state index in [9.17, 15) is 15.3 Å². The van der Waals surface area contributed by atoms with Crippen molar-refractivity contribution in [1.29, 1.82) is 0 Å². The molecule has 7 atom stereocenters. The van der Waals surface area contributed by atoms with Gasteiger partial charge >= 0.3 is 6.09 Å². The molecule has 0 radical (unpaired) electrons. The summed E-state index contributed by atoms with van der Waals surface area (Å²) >= 11 is 0. The summed E-state index contributed by atoms with van der Waals surface area (Å²) in [5.41, 5.74) is 3.26. The van der Waals surface area contributed by atoms with E-state index in [0.717, 1.165) is 74.5 Å². The van der Waals surface area contributed by atoms with E-state index in [1.54, 1.807) is 23.1 Å². The number of allylic oxidation sites excluding steroid dienone is 1. The van der Waals surface area contributed by atoms with Gasteiger partial charge in [-0.2, -0.15) is 0 Å². The van der Waals surface area contributed by atoms with Crippen LogP contribution in [0.25, 0.3) is 0 Å². The minimum absolute atomic E-state index is 0.0216. The fourth-order valence-electron chi connectivity index (χ4n) is 10.9. The predicted molar refractivity (Wildman–Crippen MR) is 253 cm³/mol. The van der Waals surface area contributed by atoms with Gasteiger partial charge in [0.1, 0.15) is 17.5 Å². The molecule has 3 N–H and O–H groups in total. The smallest absolute Gasteiger partial charge is 0.410 e. The van der Waals surface area contributed by atoms with Crippen molar-refractivity contribution in [3.63, 3.8) is 0 Å². The number of rotatable bonds is 27. The van der Waals surface area contributed by atoms with E-state index in [4.69, 9.17) is 38.4 Å². The van der Waals surface area contributed by atoms with Crippen molar-refractivity contribution in [1.82, 2.24) is 4.90 Å². The van der Waals surface area contributed by atoms with Gasteiger partial charge in [-0.25, -0.2) is 4.79 Å². The summed E-state index contributed by atoms with van der Waals surface area (Å²) in [4.78, 5) is 23.1. The van der Waals surface area contributed by atoms with Crippen LogP contribution in [-0.2, 0) is 25.6 Å². The van der Waals surface area contributed by atoms with Crippen LogP contribution in [0, 0.1) is 17.8 Å². The number of hydrogen-bond acceptors (Lipinski definition) is 12. The van der Waals surface area contributed by atoms with Gasteiger partial charge in [0.15, 0.2) is 11.5 Å². The van der Waals surface area contributed by atoms with Gasteiger partial charge in [0.05, 0.1) is 31.5 Å².